The number of nitrogens with zero attached hydrogens (tertiary/aromatic N) is 3. The molecule has 1 aromatic heterocycles. The van der Waals surface area contributed by atoms with Crippen LogP contribution < -0.4 is 0 Å². The number of sulfonamides is 1. The van der Waals surface area contributed by atoms with Crippen LogP contribution in [0, 0.1) is 5.92 Å². The van der Waals surface area contributed by atoms with Crippen molar-refractivity contribution in [1.82, 2.24) is 14.2 Å². The van der Waals surface area contributed by atoms with E-state index in [1.807, 2.05) is 25.4 Å². The summed E-state index contributed by atoms with van der Waals surface area (Å²) in [6, 6.07) is 13.3. The second kappa shape index (κ2) is 7.10. The van der Waals surface area contributed by atoms with Gasteiger partial charge in [0, 0.05) is 44.1 Å². The number of benzene rings is 1. The highest BCUT2D eigenvalue weighted by Gasteiger charge is 2.41. The number of aromatic nitrogens is 1. The Kier molecular flexibility index (Phi) is 4.82. The lowest BCUT2D eigenvalue weighted by Gasteiger charge is -2.42. The van der Waals surface area contributed by atoms with Crippen LogP contribution in [0.15, 0.2) is 59.8 Å². The van der Waals surface area contributed by atoms with E-state index in [-0.39, 0.29) is 6.04 Å². The second-order valence-corrected chi connectivity index (χ2v) is 9.23. The van der Waals surface area contributed by atoms with Crippen molar-refractivity contribution in [3.63, 3.8) is 0 Å². The molecule has 1 saturated carbocycles. The first-order chi connectivity index (χ1) is 12.6. The van der Waals surface area contributed by atoms with Gasteiger partial charge in [-0.05, 0) is 55.5 Å². The van der Waals surface area contributed by atoms with Crippen molar-refractivity contribution in [2.24, 2.45) is 5.92 Å². The van der Waals surface area contributed by atoms with E-state index in [4.69, 9.17) is 0 Å². The Labute approximate surface area is 155 Å². The van der Waals surface area contributed by atoms with Crippen LogP contribution in [0.1, 0.15) is 31.4 Å². The molecule has 2 fully saturated rings. The SMILES string of the molecule is C[C@@H]1CN(C(c2ccncc2)C2CC2)CCN1S(=O)(=O)c1ccccc1. The molecule has 138 valence electrons. The number of pyridine rings is 1. The van der Waals surface area contributed by atoms with E-state index >= 15 is 0 Å². The van der Waals surface area contributed by atoms with Gasteiger partial charge in [0.2, 0.25) is 10.0 Å². The molecule has 0 amide bonds. The minimum atomic E-state index is -3.43. The molecule has 1 aliphatic carbocycles. The number of hydrogen-bond donors (Lipinski definition) is 0. The number of piperazine rings is 1. The highest BCUT2D eigenvalue weighted by atomic mass is 32.2. The van der Waals surface area contributed by atoms with E-state index in [1.165, 1.54) is 18.4 Å². The quantitative estimate of drug-likeness (QED) is 0.811. The van der Waals surface area contributed by atoms with Crippen LogP contribution in [0.5, 0.6) is 0 Å². The Bertz CT molecular complexity index is 838. The van der Waals surface area contributed by atoms with Gasteiger partial charge in [0.1, 0.15) is 0 Å². The molecule has 1 aromatic carbocycles. The highest BCUT2D eigenvalue weighted by Crippen LogP contribution is 2.45. The summed E-state index contributed by atoms with van der Waals surface area (Å²) in [5.41, 5.74) is 1.30. The molecule has 1 saturated heterocycles. The van der Waals surface area contributed by atoms with E-state index in [2.05, 4.69) is 22.0 Å². The summed E-state index contributed by atoms with van der Waals surface area (Å²) in [4.78, 5) is 6.99. The lowest BCUT2D eigenvalue weighted by atomic mass is 10.00. The Hall–Kier alpha value is -1.76. The normalized spacial score (nSPS) is 23.7. The van der Waals surface area contributed by atoms with E-state index in [0.29, 0.717) is 23.4 Å². The lowest BCUT2D eigenvalue weighted by molar-refractivity contribution is 0.0912. The molecule has 2 heterocycles. The summed E-state index contributed by atoms with van der Waals surface area (Å²) in [7, 11) is -3.43. The molecule has 4 rings (SSSR count). The summed E-state index contributed by atoms with van der Waals surface area (Å²) in [5.74, 6) is 0.682. The molecular formula is C20H25N3O2S. The first kappa shape index (κ1) is 17.6. The topological polar surface area (TPSA) is 53.5 Å². The fourth-order valence-electron chi connectivity index (χ4n) is 4.06. The minimum absolute atomic E-state index is 0.0444. The summed E-state index contributed by atoms with van der Waals surface area (Å²) < 4.78 is 27.6. The fraction of sp³-hybridized carbons (Fsp3) is 0.450. The molecule has 26 heavy (non-hydrogen) atoms. The second-order valence-electron chi connectivity index (χ2n) is 7.34. The zero-order valence-electron chi connectivity index (χ0n) is 15.0. The third-order valence-corrected chi connectivity index (χ3v) is 7.49. The molecule has 2 aliphatic rings. The molecule has 1 unspecified atom stereocenters. The monoisotopic (exact) mass is 371 g/mol. The molecular weight excluding hydrogens is 346 g/mol. The lowest BCUT2D eigenvalue weighted by Crippen LogP contribution is -2.54. The summed E-state index contributed by atoms with van der Waals surface area (Å²) in [6.07, 6.45) is 6.21. The van der Waals surface area contributed by atoms with Crippen molar-refractivity contribution in [3.05, 3.63) is 60.4 Å². The van der Waals surface area contributed by atoms with Gasteiger partial charge in [-0.1, -0.05) is 18.2 Å². The summed E-state index contributed by atoms with van der Waals surface area (Å²) >= 11 is 0. The van der Waals surface area contributed by atoms with Gasteiger partial charge >= 0.3 is 0 Å². The first-order valence-corrected chi connectivity index (χ1v) is 10.7. The molecule has 6 heteroatoms. The molecule has 2 atom stereocenters. The molecule has 5 nitrogen and oxygen atoms in total. The Morgan fingerprint density at radius 1 is 1.04 bits per heavy atom. The van der Waals surface area contributed by atoms with Crippen molar-refractivity contribution < 1.29 is 8.42 Å². The molecule has 0 bridgehead atoms. The van der Waals surface area contributed by atoms with Gasteiger partial charge in [0.25, 0.3) is 0 Å². The number of rotatable bonds is 5. The predicted molar refractivity (Wildman–Crippen MR) is 101 cm³/mol. The molecule has 0 spiro atoms. The van der Waals surface area contributed by atoms with Gasteiger partial charge in [-0.15, -0.1) is 0 Å². The molecule has 0 N–H and O–H groups in total. The van der Waals surface area contributed by atoms with E-state index in [0.717, 1.165) is 13.1 Å². The van der Waals surface area contributed by atoms with Crippen molar-refractivity contribution in [2.75, 3.05) is 19.6 Å². The molecule has 1 aliphatic heterocycles. The predicted octanol–water partition coefficient (Wildman–Crippen LogP) is 2.93. The van der Waals surface area contributed by atoms with Crippen molar-refractivity contribution in [2.45, 2.75) is 36.7 Å². The van der Waals surface area contributed by atoms with Gasteiger partial charge < -0.3 is 0 Å². The zero-order valence-corrected chi connectivity index (χ0v) is 15.8. The Morgan fingerprint density at radius 2 is 1.73 bits per heavy atom. The van der Waals surface area contributed by atoms with Gasteiger partial charge in [-0.3, -0.25) is 9.88 Å². The molecule has 2 aromatic rings. The number of hydrogen-bond acceptors (Lipinski definition) is 4. The standard InChI is InChI=1S/C20H25N3O2S/c1-16-15-22(20(17-7-8-17)18-9-11-21-12-10-18)13-14-23(16)26(24,25)19-5-3-2-4-6-19/h2-6,9-12,16-17,20H,7-8,13-15H2,1H3/t16-,20?/m1/s1. The van der Waals surface area contributed by atoms with Crippen LogP contribution in [0.25, 0.3) is 0 Å². The third kappa shape index (κ3) is 3.41. The minimum Gasteiger partial charge on any atom is -0.293 e. The van der Waals surface area contributed by atoms with Crippen LogP contribution in [0.2, 0.25) is 0 Å². The van der Waals surface area contributed by atoms with E-state index in [1.54, 1.807) is 28.6 Å². The third-order valence-electron chi connectivity index (χ3n) is 5.46. The Balaban J connectivity index is 1.53. The van der Waals surface area contributed by atoms with Gasteiger partial charge in [0.15, 0.2) is 0 Å². The van der Waals surface area contributed by atoms with Gasteiger partial charge in [-0.2, -0.15) is 4.31 Å². The largest absolute Gasteiger partial charge is 0.293 e. The van der Waals surface area contributed by atoms with E-state index in [9.17, 15) is 8.42 Å². The maximum absolute atomic E-state index is 13.0. The van der Waals surface area contributed by atoms with Crippen LogP contribution in [-0.4, -0.2) is 48.3 Å². The maximum atomic E-state index is 13.0. The fourth-order valence-corrected chi connectivity index (χ4v) is 5.69. The van der Waals surface area contributed by atoms with Crippen LogP contribution in [0.4, 0.5) is 0 Å². The van der Waals surface area contributed by atoms with Gasteiger partial charge in [0.05, 0.1) is 4.90 Å². The Morgan fingerprint density at radius 3 is 2.35 bits per heavy atom. The maximum Gasteiger partial charge on any atom is 0.243 e. The van der Waals surface area contributed by atoms with Crippen molar-refractivity contribution in [3.8, 4) is 0 Å². The van der Waals surface area contributed by atoms with Crippen LogP contribution in [-0.2, 0) is 10.0 Å². The zero-order chi connectivity index (χ0) is 18.1. The smallest absolute Gasteiger partial charge is 0.243 e. The van der Waals surface area contributed by atoms with Crippen molar-refractivity contribution in [1.29, 1.82) is 0 Å². The van der Waals surface area contributed by atoms with Crippen molar-refractivity contribution >= 4 is 10.0 Å². The average Bonchev–Trinajstić information content (AvgIpc) is 3.48. The first-order valence-electron chi connectivity index (χ1n) is 9.28. The average molecular weight is 372 g/mol. The summed E-state index contributed by atoms with van der Waals surface area (Å²) in [5, 5.41) is 0. The highest BCUT2D eigenvalue weighted by molar-refractivity contribution is 7.89. The van der Waals surface area contributed by atoms with Crippen LogP contribution in [0.3, 0.4) is 0 Å². The van der Waals surface area contributed by atoms with E-state index < -0.39 is 10.0 Å². The molecule has 0 radical (unpaired) electrons. The summed E-state index contributed by atoms with van der Waals surface area (Å²) in [6.45, 7) is 4.07. The van der Waals surface area contributed by atoms with Gasteiger partial charge in [-0.25, -0.2) is 8.42 Å². The van der Waals surface area contributed by atoms with Crippen LogP contribution >= 0.6 is 0 Å².